The highest BCUT2D eigenvalue weighted by atomic mass is 16.6. The second-order valence-electron chi connectivity index (χ2n) is 6.83. The molecule has 1 saturated heterocycles. The third-order valence-corrected chi connectivity index (χ3v) is 4.65. The van der Waals surface area contributed by atoms with E-state index >= 15 is 0 Å². The molecule has 30 heavy (non-hydrogen) atoms. The van der Waals surface area contributed by atoms with Gasteiger partial charge in [0, 0.05) is 18.9 Å². The van der Waals surface area contributed by atoms with Gasteiger partial charge in [-0.2, -0.15) is 4.57 Å². The van der Waals surface area contributed by atoms with Gasteiger partial charge in [-0.1, -0.05) is 6.92 Å². The average molecular weight is 425 g/mol. The molecule has 1 aliphatic heterocycles. The van der Waals surface area contributed by atoms with Gasteiger partial charge in [0.15, 0.2) is 24.6 Å². The van der Waals surface area contributed by atoms with Gasteiger partial charge in [-0.25, -0.2) is 4.79 Å². The zero-order valence-electron chi connectivity index (χ0n) is 16.8. The number of amides is 1. The molecule has 1 aromatic rings. The number of nitrogens with zero attached hydrogens (tertiary/aromatic N) is 1. The number of aromatic nitrogens is 1. The van der Waals surface area contributed by atoms with Crippen LogP contribution in [0.3, 0.4) is 0 Å². The number of aliphatic hydroxyl groups is 1. The summed E-state index contributed by atoms with van der Waals surface area (Å²) in [6.45, 7) is 2.75. The zero-order chi connectivity index (χ0) is 22.4. The topological polar surface area (TPSA) is 155 Å². The molecule has 1 amide bonds. The summed E-state index contributed by atoms with van der Waals surface area (Å²) in [4.78, 5) is 46.1. The van der Waals surface area contributed by atoms with E-state index in [0.29, 0.717) is 0 Å². The van der Waals surface area contributed by atoms with Crippen molar-refractivity contribution in [3.63, 3.8) is 0 Å². The molecule has 1 aromatic heterocycles. The molecule has 0 radical (unpaired) electrons. The van der Waals surface area contributed by atoms with Gasteiger partial charge >= 0.3 is 24.1 Å². The highest BCUT2D eigenvalue weighted by molar-refractivity contribution is 5.92. The Bertz CT molecular complexity index is 813. The van der Waals surface area contributed by atoms with Crippen LogP contribution in [0.15, 0.2) is 24.5 Å². The summed E-state index contributed by atoms with van der Waals surface area (Å²) >= 11 is 0. The molecular formula is C19H25N2O9+. The third-order valence-electron chi connectivity index (χ3n) is 4.65. The zero-order valence-corrected chi connectivity index (χ0v) is 16.8. The van der Waals surface area contributed by atoms with Crippen molar-refractivity contribution < 1.29 is 47.8 Å². The Morgan fingerprint density at radius 3 is 2.63 bits per heavy atom. The van der Waals surface area contributed by atoms with Crippen molar-refractivity contribution in [2.45, 2.75) is 44.8 Å². The van der Waals surface area contributed by atoms with Gasteiger partial charge in [0.05, 0.1) is 13.5 Å². The molecule has 164 valence electrons. The standard InChI is InChI=1S/C19H24N2O9/c1-10-14(9-28-19(26)13(23)7-15(24)27-3)30-18(16(10)29-11(2)22)21-6-4-5-12(8-21)17(20)25/h4-6,8,10,13-14,16,18,23H,7,9H2,1-3H3,(H-,20,25)/p+1/t10-,13+,14-,16-,18-/m1/s1. The lowest BCUT2D eigenvalue weighted by molar-refractivity contribution is -0.765. The first-order valence-corrected chi connectivity index (χ1v) is 9.18. The second kappa shape index (κ2) is 10.1. The van der Waals surface area contributed by atoms with Crippen LogP contribution in [0, 0.1) is 5.92 Å². The van der Waals surface area contributed by atoms with Crippen LogP contribution in [0.25, 0.3) is 0 Å². The molecule has 2 heterocycles. The number of carbonyl (C=O) groups is 4. The maximum Gasteiger partial charge on any atom is 0.335 e. The van der Waals surface area contributed by atoms with Gasteiger partial charge in [0.2, 0.25) is 0 Å². The number of aliphatic hydroxyl groups excluding tert-OH is 1. The first-order chi connectivity index (χ1) is 14.1. The second-order valence-corrected chi connectivity index (χ2v) is 6.83. The van der Waals surface area contributed by atoms with Crippen LogP contribution in [0.4, 0.5) is 0 Å². The van der Waals surface area contributed by atoms with Crippen LogP contribution >= 0.6 is 0 Å². The summed E-state index contributed by atoms with van der Waals surface area (Å²) in [5.74, 6) is -3.32. The van der Waals surface area contributed by atoms with Crippen molar-refractivity contribution in [3.8, 4) is 0 Å². The van der Waals surface area contributed by atoms with Gasteiger partial charge < -0.3 is 29.8 Å². The summed E-state index contributed by atoms with van der Waals surface area (Å²) in [6, 6.07) is 3.12. The lowest BCUT2D eigenvalue weighted by Gasteiger charge is -2.18. The summed E-state index contributed by atoms with van der Waals surface area (Å²) in [5.41, 5.74) is 5.55. The number of esters is 3. The third kappa shape index (κ3) is 5.74. The van der Waals surface area contributed by atoms with Crippen molar-refractivity contribution in [1.82, 2.24) is 0 Å². The van der Waals surface area contributed by atoms with E-state index in [1.54, 1.807) is 19.2 Å². The van der Waals surface area contributed by atoms with Crippen LogP contribution < -0.4 is 10.3 Å². The van der Waals surface area contributed by atoms with Crippen LogP contribution in [0.2, 0.25) is 0 Å². The fraction of sp³-hybridized carbons (Fsp3) is 0.526. The van der Waals surface area contributed by atoms with E-state index in [-0.39, 0.29) is 12.2 Å². The van der Waals surface area contributed by atoms with E-state index in [2.05, 4.69) is 4.74 Å². The summed E-state index contributed by atoms with van der Waals surface area (Å²) in [5, 5.41) is 9.71. The van der Waals surface area contributed by atoms with Crippen molar-refractivity contribution in [3.05, 3.63) is 30.1 Å². The number of primary amides is 1. The van der Waals surface area contributed by atoms with E-state index in [9.17, 15) is 24.3 Å². The molecule has 0 spiro atoms. The minimum Gasteiger partial charge on any atom is -0.469 e. The van der Waals surface area contributed by atoms with Crippen molar-refractivity contribution >= 4 is 23.8 Å². The summed E-state index contributed by atoms with van der Waals surface area (Å²) in [7, 11) is 1.13. The molecule has 0 aliphatic carbocycles. The van der Waals surface area contributed by atoms with Crippen LogP contribution in [0.1, 0.15) is 36.9 Å². The molecule has 0 bridgehead atoms. The lowest BCUT2D eigenvalue weighted by atomic mass is 10.0. The van der Waals surface area contributed by atoms with E-state index in [1.807, 2.05) is 0 Å². The number of methoxy groups -OCH3 is 1. The van der Waals surface area contributed by atoms with Crippen LogP contribution in [0.5, 0.6) is 0 Å². The molecule has 0 unspecified atom stereocenters. The van der Waals surface area contributed by atoms with E-state index in [1.165, 1.54) is 23.8 Å². The van der Waals surface area contributed by atoms with Crippen LogP contribution in [-0.2, 0) is 33.3 Å². The SMILES string of the molecule is COC(=O)C[C@H](O)C(=O)OC[C@H]1O[C@@H]([n+]2cccc(C(N)=O)c2)[C@H](OC(C)=O)[C@@H]1C. The maximum absolute atomic E-state index is 11.9. The number of pyridine rings is 1. The average Bonchev–Trinajstić information content (AvgIpc) is 3.01. The number of rotatable bonds is 8. The minimum absolute atomic E-state index is 0.233. The Labute approximate surface area is 172 Å². The van der Waals surface area contributed by atoms with Crippen LogP contribution in [-0.4, -0.2) is 61.0 Å². The Kier molecular flexibility index (Phi) is 7.84. The van der Waals surface area contributed by atoms with Gasteiger partial charge in [0.1, 0.15) is 18.3 Å². The normalized spacial score (nSPS) is 24.0. The van der Waals surface area contributed by atoms with Gasteiger partial charge in [0.25, 0.3) is 5.91 Å². The van der Waals surface area contributed by atoms with E-state index in [0.717, 1.165) is 7.11 Å². The quantitative estimate of drug-likeness (QED) is 0.303. The molecule has 2 rings (SSSR count). The summed E-state index contributed by atoms with van der Waals surface area (Å²) in [6.07, 6.45) is -1.34. The molecule has 3 N–H and O–H groups in total. The molecule has 11 nitrogen and oxygen atoms in total. The Balaban J connectivity index is 2.12. The number of nitrogens with two attached hydrogens (primary N) is 1. The Morgan fingerprint density at radius 1 is 1.33 bits per heavy atom. The van der Waals surface area contributed by atoms with Gasteiger partial charge in [-0.05, 0) is 6.07 Å². The molecular weight excluding hydrogens is 400 g/mol. The summed E-state index contributed by atoms with van der Waals surface area (Å²) < 4.78 is 22.3. The van der Waals surface area contributed by atoms with E-state index in [4.69, 9.17) is 19.9 Å². The molecule has 0 aromatic carbocycles. The predicted molar refractivity (Wildman–Crippen MR) is 97.4 cm³/mol. The monoisotopic (exact) mass is 425 g/mol. The number of ether oxygens (including phenoxy) is 4. The van der Waals surface area contributed by atoms with Gasteiger partial charge in [-0.15, -0.1) is 0 Å². The minimum atomic E-state index is -1.67. The molecule has 11 heteroatoms. The van der Waals surface area contributed by atoms with Crippen molar-refractivity contribution in [1.29, 1.82) is 0 Å². The molecule has 1 aliphatic rings. The highest BCUT2D eigenvalue weighted by Crippen LogP contribution is 2.33. The molecule has 0 saturated carbocycles. The lowest BCUT2D eigenvalue weighted by Crippen LogP contribution is -2.46. The Hall–Kier alpha value is -3.05. The smallest absolute Gasteiger partial charge is 0.335 e. The predicted octanol–water partition coefficient (Wildman–Crippen LogP) is -0.995. The first kappa shape index (κ1) is 23.2. The van der Waals surface area contributed by atoms with Crippen molar-refractivity contribution in [2.75, 3.05) is 13.7 Å². The number of carbonyl (C=O) groups excluding carboxylic acids is 4. The highest BCUT2D eigenvalue weighted by Gasteiger charge is 2.50. The fourth-order valence-corrected chi connectivity index (χ4v) is 3.02. The molecule has 1 fully saturated rings. The largest absolute Gasteiger partial charge is 0.469 e. The molecule has 5 atom stereocenters. The maximum atomic E-state index is 11.9. The van der Waals surface area contributed by atoms with Crippen molar-refractivity contribution in [2.24, 2.45) is 11.7 Å². The fourth-order valence-electron chi connectivity index (χ4n) is 3.02. The van der Waals surface area contributed by atoms with E-state index < -0.39 is 60.7 Å². The first-order valence-electron chi connectivity index (χ1n) is 9.18. The number of hydrogen-bond donors (Lipinski definition) is 2. The Morgan fingerprint density at radius 2 is 2.03 bits per heavy atom. The van der Waals surface area contributed by atoms with Gasteiger partial charge in [-0.3, -0.25) is 14.4 Å². The number of hydrogen-bond acceptors (Lipinski definition) is 9.